The summed E-state index contributed by atoms with van der Waals surface area (Å²) in [4.78, 5) is 13.5. The van der Waals surface area contributed by atoms with Crippen LogP contribution in [0.25, 0.3) is 0 Å². The SMILES string of the molecule is Cc1ccc(C23C[C@H]4C[C@@H](CC(C(=O)NC5CCCCC5)(C4)C2)C3)cc1. The van der Waals surface area contributed by atoms with Gasteiger partial charge in [0.2, 0.25) is 5.91 Å². The van der Waals surface area contributed by atoms with Crippen molar-refractivity contribution in [3.63, 3.8) is 0 Å². The van der Waals surface area contributed by atoms with E-state index in [1.54, 1.807) is 0 Å². The molecule has 0 aliphatic heterocycles. The molecule has 1 N–H and O–H groups in total. The lowest BCUT2D eigenvalue weighted by Crippen LogP contribution is -2.60. The zero-order valence-electron chi connectivity index (χ0n) is 16.2. The van der Waals surface area contributed by atoms with Gasteiger partial charge in [0.25, 0.3) is 0 Å². The summed E-state index contributed by atoms with van der Waals surface area (Å²) in [5.41, 5.74) is 3.03. The third kappa shape index (κ3) is 2.72. The monoisotopic (exact) mass is 351 g/mol. The number of nitrogens with one attached hydrogen (secondary N) is 1. The quantitative estimate of drug-likeness (QED) is 0.788. The Morgan fingerprint density at radius 2 is 1.62 bits per heavy atom. The first-order valence-electron chi connectivity index (χ1n) is 11.0. The minimum Gasteiger partial charge on any atom is -0.353 e. The number of rotatable bonds is 3. The Hall–Kier alpha value is -1.31. The molecule has 0 unspecified atom stereocenters. The highest BCUT2D eigenvalue weighted by molar-refractivity contribution is 5.83. The van der Waals surface area contributed by atoms with Crippen molar-refractivity contribution >= 4 is 5.91 Å². The third-order valence-corrected chi connectivity index (χ3v) is 8.15. The van der Waals surface area contributed by atoms with E-state index in [0.29, 0.717) is 11.9 Å². The highest BCUT2D eigenvalue weighted by Gasteiger charge is 2.61. The van der Waals surface area contributed by atoms with Gasteiger partial charge in [-0.1, -0.05) is 49.1 Å². The van der Waals surface area contributed by atoms with E-state index in [4.69, 9.17) is 0 Å². The Morgan fingerprint density at radius 3 is 2.27 bits per heavy atom. The summed E-state index contributed by atoms with van der Waals surface area (Å²) in [6.07, 6.45) is 13.7. The fourth-order valence-electron chi connectivity index (χ4n) is 7.36. The minimum atomic E-state index is -0.0770. The number of carbonyl (C=O) groups is 1. The predicted molar refractivity (Wildman–Crippen MR) is 105 cm³/mol. The average molecular weight is 352 g/mol. The van der Waals surface area contributed by atoms with Gasteiger partial charge in [0.15, 0.2) is 0 Å². The van der Waals surface area contributed by atoms with Crippen molar-refractivity contribution in [1.29, 1.82) is 0 Å². The minimum absolute atomic E-state index is 0.0770. The van der Waals surface area contributed by atoms with Gasteiger partial charge in [-0.15, -0.1) is 0 Å². The molecular weight excluding hydrogens is 318 g/mol. The summed E-state index contributed by atoms with van der Waals surface area (Å²) in [6, 6.07) is 9.69. The van der Waals surface area contributed by atoms with Crippen molar-refractivity contribution in [2.75, 3.05) is 0 Å². The lowest BCUT2D eigenvalue weighted by atomic mass is 9.42. The maximum atomic E-state index is 13.5. The summed E-state index contributed by atoms with van der Waals surface area (Å²) in [6.45, 7) is 2.17. The molecule has 0 heterocycles. The van der Waals surface area contributed by atoms with E-state index in [2.05, 4.69) is 36.5 Å². The van der Waals surface area contributed by atoms with Crippen LogP contribution in [0.1, 0.15) is 81.8 Å². The van der Waals surface area contributed by atoms with Crippen molar-refractivity contribution in [2.24, 2.45) is 17.3 Å². The number of carbonyl (C=O) groups excluding carboxylic acids is 1. The zero-order valence-corrected chi connectivity index (χ0v) is 16.2. The van der Waals surface area contributed by atoms with Crippen LogP contribution in [-0.4, -0.2) is 11.9 Å². The molecule has 26 heavy (non-hydrogen) atoms. The first-order valence-corrected chi connectivity index (χ1v) is 11.0. The van der Waals surface area contributed by atoms with Crippen molar-refractivity contribution in [3.05, 3.63) is 35.4 Å². The second-order valence-electron chi connectivity index (χ2n) is 10.2. The van der Waals surface area contributed by atoms with Crippen molar-refractivity contribution in [3.8, 4) is 0 Å². The van der Waals surface area contributed by atoms with Gasteiger partial charge in [0, 0.05) is 6.04 Å². The number of aryl methyl sites for hydroxylation is 1. The molecule has 5 saturated carbocycles. The summed E-state index contributed by atoms with van der Waals surface area (Å²) >= 11 is 0. The molecule has 0 aromatic heterocycles. The molecule has 2 nitrogen and oxygen atoms in total. The van der Waals surface area contributed by atoms with Crippen LogP contribution < -0.4 is 5.32 Å². The maximum Gasteiger partial charge on any atom is 0.226 e. The fourth-order valence-corrected chi connectivity index (χ4v) is 7.36. The summed E-state index contributed by atoms with van der Waals surface area (Å²) in [5, 5.41) is 3.51. The van der Waals surface area contributed by atoms with Crippen molar-refractivity contribution in [1.82, 2.24) is 5.32 Å². The third-order valence-electron chi connectivity index (χ3n) is 8.15. The van der Waals surface area contributed by atoms with E-state index in [1.807, 2.05) is 0 Å². The average Bonchev–Trinajstić information content (AvgIpc) is 2.62. The van der Waals surface area contributed by atoms with Crippen molar-refractivity contribution < 1.29 is 4.79 Å². The first kappa shape index (κ1) is 16.8. The van der Waals surface area contributed by atoms with Crippen molar-refractivity contribution in [2.45, 2.75) is 89.0 Å². The standard InChI is InChI=1S/C24H33NO/c1-17-7-9-20(10-8-17)23-12-18-11-19(13-23)15-24(14-18,16-23)22(26)25-21-5-3-2-4-6-21/h7-10,18-19,21H,2-6,11-16H2,1H3,(H,25,26)/t18-,19-,23?,24?/m1/s1. The van der Waals surface area contributed by atoms with Crippen LogP contribution in [0.5, 0.6) is 0 Å². The Kier molecular flexibility index (Phi) is 3.95. The van der Waals surface area contributed by atoms with E-state index in [0.717, 1.165) is 31.1 Å². The van der Waals surface area contributed by atoms with Crippen LogP contribution in [0.2, 0.25) is 0 Å². The second kappa shape index (κ2) is 6.11. The van der Waals surface area contributed by atoms with Crippen LogP contribution in [0.3, 0.4) is 0 Å². The van der Waals surface area contributed by atoms with Crippen LogP contribution in [-0.2, 0) is 10.2 Å². The van der Waals surface area contributed by atoms with Gasteiger partial charge in [-0.2, -0.15) is 0 Å². The molecule has 1 aromatic rings. The predicted octanol–water partition coefficient (Wildman–Crippen LogP) is 5.28. The first-order chi connectivity index (χ1) is 12.6. The van der Waals surface area contributed by atoms with Gasteiger partial charge < -0.3 is 5.32 Å². The van der Waals surface area contributed by atoms with E-state index < -0.39 is 0 Å². The van der Waals surface area contributed by atoms with Gasteiger partial charge in [0.05, 0.1) is 5.41 Å². The summed E-state index contributed by atoms with van der Waals surface area (Å²) in [5.74, 6) is 1.93. The van der Waals surface area contributed by atoms with Gasteiger partial charge in [-0.05, 0) is 81.1 Å². The molecule has 140 valence electrons. The molecule has 1 amide bonds. The zero-order chi connectivity index (χ0) is 17.8. The normalized spacial score (nSPS) is 39.1. The lowest BCUT2D eigenvalue weighted by Gasteiger charge is -2.61. The number of hydrogen-bond donors (Lipinski definition) is 1. The van der Waals surface area contributed by atoms with Crippen LogP contribution in [0, 0.1) is 24.2 Å². The van der Waals surface area contributed by atoms with Crippen LogP contribution in [0.4, 0.5) is 0 Å². The number of hydrogen-bond acceptors (Lipinski definition) is 1. The maximum absolute atomic E-state index is 13.5. The highest BCUT2D eigenvalue weighted by Crippen LogP contribution is 2.65. The fraction of sp³-hybridized carbons (Fsp3) is 0.708. The molecule has 4 bridgehead atoms. The van der Waals surface area contributed by atoms with Gasteiger partial charge in [-0.3, -0.25) is 4.79 Å². The topological polar surface area (TPSA) is 29.1 Å². The molecule has 2 atom stereocenters. The molecule has 6 rings (SSSR count). The molecule has 0 spiro atoms. The molecule has 5 aliphatic carbocycles. The van der Waals surface area contributed by atoms with E-state index in [9.17, 15) is 4.79 Å². The summed E-state index contributed by atoms with van der Waals surface area (Å²) in [7, 11) is 0. The van der Waals surface area contributed by atoms with E-state index >= 15 is 0 Å². The molecule has 2 heteroatoms. The Labute approximate surface area is 158 Å². The molecule has 5 fully saturated rings. The highest BCUT2D eigenvalue weighted by atomic mass is 16.2. The van der Waals surface area contributed by atoms with E-state index in [1.165, 1.54) is 62.5 Å². The number of benzene rings is 1. The molecule has 5 aliphatic rings. The van der Waals surface area contributed by atoms with Crippen LogP contribution in [0.15, 0.2) is 24.3 Å². The largest absolute Gasteiger partial charge is 0.353 e. The summed E-state index contributed by atoms with van der Waals surface area (Å²) < 4.78 is 0. The smallest absolute Gasteiger partial charge is 0.226 e. The Bertz CT molecular complexity index is 671. The number of amides is 1. The molecule has 1 aromatic carbocycles. The van der Waals surface area contributed by atoms with Gasteiger partial charge in [-0.25, -0.2) is 0 Å². The Morgan fingerprint density at radius 1 is 0.962 bits per heavy atom. The Balaban J connectivity index is 1.42. The molecule has 0 radical (unpaired) electrons. The van der Waals surface area contributed by atoms with E-state index in [-0.39, 0.29) is 10.8 Å². The lowest BCUT2D eigenvalue weighted by molar-refractivity contribution is -0.150. The van der Waals surface area contributed by atoms with Gasteiger partial charge in [0.1, 0.15) is 0 Å². The molecular formula is C24H33NO. The van der Waals surface area contributed by atoms with Crippen LogP contribution >= 0.6 is 0 Å². The second-order valence-corrected chi connectivity index (χ2v) is 10.2. The van der Waals surface area contributed by atoms with Gasteiger partial charge >= 0.3 is 0 Å². The molecule has 0 saturated heterocycles.